The van der Waals surface area contributed by atoms with E-state index in [0.29, 0.717) is 10.7 Å². The highest BCUT2D eigenvalue weighted by Crippen LogP contribution is 2.16. The number of carbonyl (C=O) groups excluding carboxylic acids is 1. The van der Waals surface area contributed by atoms with Gasteiger partial charge >= 0.3 is 0 Å². The molecule has 0 fully saturated rings. The molecular formula is C11H9ClN2O. The van der Waals surface area contributed by atoms with Crippen molar-refractivity contribution in [1.29, 1.82) is 0 Å². The van der Waals surface area contributed by atoms with Crippen LogP contribution in [0.1, 0.15) is 16.3 Å². The Morgan fingerprint density at radius 3 is 2.60 bits per heavy atom. The average molecular weight is 221 g/mol. The fourth-order valence-corrected chi connectivity index (χ4v) is 1.60. The molecule has 76 valence electrons. The van der Waals surface area contributed by atoms with Gasteiger partial charge in [-0.05, 0) is 31.2 Å². The van der Waals surface area contributed by atoms with Crippen molar-refractivity contribution in [2.45, 2.75) is 6.92 Å². The summed E-state index contributed by atoms with van der Waals surface area (Å²) < 4.78 is 1.78. The van der Waals surface area contributed by atoms with Gasteiger partial charge < -0.3 is 0 Å². The summed E-state index contributed by atoms with van der Waals surface area (Å²) in [7, 11) is 0. The predicted octanol–water partition coefficient (Wildman–Crippen LogP) is 2.65. The number of aldehydes is 1. The number of hydrogen-bond donors (Lipinski definition) is 0. The Hall–Kier alpha value is -1.61. The normalized spacial score (nSPS) is 10.3. The van der Waals surface area contributed by atoms with Crippen LogP contribution in [0.25, 0.3) is 5.69 Å². The Balaban J connectivity index is 2.57. The van der Waals surface area contributed by atoms with Gasteiger partial charge in [0, 0.05) is 10.7 Å². The lowest BCUT2D eigenvalue weighted by Crippen LogP contribution is -2.00. The molecule has 2 rings (SSSR count). The van der Waals surface area contributed by atoms with E-state index in [-0.39, 0.29) is 0 Å². The third-order valence-corrected chi connectivity index (χ3v) is 2.42. The minimum absolute atomic E-state index is 0.537. The first-order chi connectivity index (χ1) is 7.22. The highest BCUT2D eigenvalue weighted by atomic mass is 35.5. The average Bonchev–Trinajstić information content (AvgIpc) is 2.61. The molecule has 0 aliphatic rings. The fraction of sp³-hybridized carbons (Fsp3) is 0.0909. The van der Waals surface area contributed by atoms with E-state index in [1.54, 1.807) is 22.9 Å². The lowest BCUT2D eigenvalue weighted by Gasteiger charge is -2.06. The second kappa shape index (κ2) is 3.87. The third-order valence-electron chi connectivity index (χ3n) is 2.17. The maximum absolute atomic E-state index is 10.8. The van der Waals surface area contributed by atoms with Crippen LogP contribution in [0.5, 0.6) is 0 Å². The van der Waals surface area contributed by atoms with Crippen molar-refractivity contribution < 1.29 is 4.79 Å². The van der Waals surface area contributed by atoms with Crippen LogP contribution in [-0.2, 0) is 0 Å². The molecule has 0 spiro atoms. The van der Waals surface area contributed by atoms with Gasteiger partial charge in [-0.2, -0.15) is 0 Å². The van der Waals surface area contributed by atoms with E-state index in [1.807, 2.05) is 19.1 Å². The first-order valence-corrected chi connectivity index (χ1v) is 4.85. The Morgan fingerprint density at radius 2 is 2.00 bits per heavy atom. The number of carbonyl (C=O) groups is 1. The van der Waals surface area contributed by atoms with Gasteiger partial charge in [-0.15, -0.1) is 0 Å². The number of aromatic nitrogens is 2. The topological polar surface area (TPSA) is 34.9 Å². The quantitative estimate of drug-likeness (QED) is 0.730. The molecule has 1 heterocycles. The van der Waals surface area contributed by atoms with Crippen molar-refractivity contribution in [3.8, 4) is 5.69 Å². The van der Waals surface area contributed by atoms with Crippen LogP contribution in [0.15, 0.2) is 30.5 Å². The van der Waals surface area contributed by atoms with Gasteiger partial charge in [0.25, 0.3) is 0 Å². The number of halogens is 1. The van der Waals surface area contributed by atoms with Gasteiger partial charge in [-0.1, -0.05) is 11.6 Å². The van der Waals surface area contributed by atoms with E-state index in [1.165, 1.54) is 0 Å². The summed E-state index contributed by atoms with van der Waals surface area (Å²) in [5.74, 6) is 0.777. The SMILES string of the molecule is Cc1ncc(C=O)n1-c1ccc(Cl)cc1. The van der Waals surface area contributed by atoms with E-state index in [2.05, 4.69) is 4.98 Å². The third kappa shape index (κ3) is 1.78. The molecule has 0 saturated heterocycles. The van der Waals surface area contributed by atoms with Crippen molar-refractivity contribution >= 4 is 17.9 Å². The predicted molar refractivity (Wildman–Crippen MR) is 58.7 cm³/mol. The Morgan fingerprint density at radius 1 is 1.33 bits per heavy atom. The molecule has 0 N–H and O–H groups in total. The Bertz CT molecular complexity index is 488. The molecule has 0 bridgehead atoms. The molecule has 1 aromatic carbocycles. The maximum Gasteiger partial charge on any atom is 0.168 e. The number of imidazole rings is 1. The highest BCUT2D eigenvalue weighted by molar-refractivity contribution is 6.30. The maximum atomic E-state index is 10.8. The van der Waals surface area contributed by atoms with Gasteiger partial charge in [0.2, 0.25) is 0 Å². The van der Waals surface area contributed by atoms with Gasteiger partial charge in [0.15, 0.2) is 6.29 Å². The number of hydrogen-bond acceptors (Lipinski definition) is 2. The Labute approximate surface area is 92.3 Å². The summed E-state index contributed by atoms with van der Waals surface area (Å²) in [6.45, 7) is 1.85. The zero-order valence-electron chi connectivity index (χ0n) is 8.14. The van der Waals surface area contributed by atoms with Gasteiger partial charge in [-0.25, -0.2) is 4.98 Å². The summed E-state index contributed by atoms with van der Waals surface area (Å²) in [6, 6.07) is 7.27. The molecule has 4 heteroatoms. The van der Waals surface area contributed by atoms with Crippen molar-refractivity contribution in [3.05, 3.63) is 47.0 Å². The smallest absolute Gasteiger partial charge is 0.168 e. The first-order valence-electron chi connectivity index (χ1n) is 4.48. The van der Waals surface area contributed by atoms with Crippen LogP contribution in [0.4, 0.5) is 0 Å². The first kappa shape index (κ1) is 9.93. The number of aryl methyl sites for hydroxylation is 1. The molecule has 0 unspecified atom stereocenters. The molecule has 15 heavy (non-hydrogen) atoms. The van der Waals surface area contributed by atoms with Gasteiger partial charge in [-0.3, -0.25) is 9.36 Å². The van der Waals surface area contributed by atoms with Gasteiger partial charge in [0.05, 0.1) is 6.20 Å². The second-order valence-corrected chi connectivity index (χ2v) is 3.60. The lowest BCUT2D eigenvalue weighted by atomic mass is 10.3. The number of benzene rings is 1. The highest BCUT2D eigenvalue weighted by Gasteiger charge is 2.07. The zero-order chi connectivity index (χ0) is 10.8. The molecule has 0 aliphatic carbocycles. The fourth-order valence-electron chi connectivity index (χ4n) is 1.47. The summed E-state index contributed by atoms with van der Waals surface area (Å²) in [5.41, 5.74) is 1.42. The molecule has 0 aliphatic heterocycles. The largest absolute Gasteiger partial charge is 0.296 e. The van der Waals surface area contributed by atoms with E-state index >= 15 is 0 Å². The molecule has 0 amide bonds. The molecule has 3 nitrogen and oxygen atoms in total. The molecule has 2 aromatic rings. The monoisotopic (exact) mass is 220 g/mol. The van der Waals surface area contributed by atoms with E-state index in [0.717, 1.165) is 17.8 Å². The summed E-state index contributed by atoms with van der Waals surface area (Å²) in [6.07, 6.45) is 2.34. The zero-order valence-corrected chi connectivity index (χ0v) is 8.90. The van der Waals surface area contributed by atoms with Crippen molar-refractivity contribution in [2.24, 2.45) is 0 Å². The van der Waals surface area contributed by atoms with E-state index < -0.39 is 0 Å². The molecule has 0 atom stereocenters. The Kier molecular flexibility index (Phi) is 2.56. The van der Waals surface area contributed by atoms with E-state index in [9.17, 15) is 4.79 Å². The van der Waals surface area contributed by atoms with Gasteiger partial charge in [0.1, 0.15) is 11.5 Å². The summed E-state index contributed by atoms with van der Waals surface area (Å²) >= 11 is 5.79. The van der Waals surface area contributed by atoms with Crippen molar-refractivity contribution in [1.82, 2.24) is 9.55 Å². The number of rotatable bonds is 2. The van der Waals surface area contributed by atoms with Crippen LogP contribution >= 0.6 is 11.6 Å². The molecule has 0 saturated carbocycles. The molecule has 1 aromatic heterocycles. The summed E-state index contributed by atoms with van der Waals surface area (Å²) in [5, 5.41) is 0.671. The second-order valence-electron chi connectivity index (χ2n) is 3.16. The standard InChI is InChI=1S/C11H9ClN2O/c1-8-13-6-11(7-15)14(8)10-4-2-9(12)3-5-10/h2-7H,1H3. The van der Waals surface area contributed by atoms with Crippen LogP contribution in [0, 0.1) is 6.92 Å². The molecular weight excluding hydrogens is 212 g/mol. The van der Waals surface area contributed by atoms with E-state index in [4.69, 9.17) is 11.6 Å². The van der Waals surface area contributed by atoms with Crippen molar-refractivity contribution in [2.75, 3.05) is 0 Å². The van der Waals surface area contributed by atoms with Crippen LogP contribution in [-0.4, -0.2) is 15.8 Å². The minimum Gasteiger partial charge on any atom is -0.296 e. The van der Waals surface area contributed by atoms with Crippen LogP contribution in [0.3, 0.4) is 0 Å². The minimum atomic E-state index is 0.537. The summed E-state index contributed by atoms with van der Waals surface area (Å²) in [4.78, 5) is 14.9. The van der Waals surface area contributed by atoms with Crippen LogP contribution < -0.4 is 0 Å². The number of nitrogens with zero attached hydrogens (tertiary/aromatic N) is 2. The lowest BCUT2D eigenvalue weighted by molar-refractivity contribution is 0.111. The molecule has 0 radical (unpaired) electrons. The van der Waals surface area contributed by atoms with Crippen molar-refractivity contribution in [3.63, 3.8) is 0 Å². The van der Waals surface area contributed by atoms with Crippen LogP contribution in [0.2, 0.25) is 5.02 Å².